The molecule has 2 aromatic rings. The van der Waals surface area contributed by atoms with Crippen molar-refractivity contribution in [2.75, 3.05) is 28.4 Å². The number of hydrogen-bond donors (Lipinski definition) is 4. The number of nitrogens with zero attached hydrogens (tertiary/aromatic N) is 2. The molecule has 1 amide bonds. The largest absolute Gasteiger partial charge is 0.492 e. The summed E-state index contributed by atoms with van der Waals surface area (Å²) in [5, 5.41) is 4.44. The summed E-state index contributed by atoms with van der Waals surface area (Å²) in [6.45, 7) is 14.0. The Morgan fingerprint density at radius 3 is 2.28 bits per heavy atom. The van der Waals surface area contributed by atoms with Crippen molar-refractivity contribution in [3.05, 3.63) is 70.7 Å². The number of rotatable bonds is 9. The van der Waals surface area contributed by atoms with E-state index >= 15 is 0 Å². The monoisotopic (exact) mass is 550 g/mol. The normalized spacial score (nSPS) is 11.6. The van der Waals surface area contributed by atoms with Gasteiger partial charge in [0.2, 0.25) is 0 Å². The summed E-state index contributed by atoms with van der Waals surface area (Å²) in [6, 6.07) is 9.35. The van der Waals surface area contributed by atoms with Crippen molar-refractivity contribution >= 4 is 40.6 Å². The van der Waals surface area contributed by atoms with E-state index in [-0.39, 0.29) is 11.3 Å². The number of carbonyl (C=O) groups is 1. The van der Waals surface area contributed by atoms with Gasteiger partial charge in [-0.15, -0.1) is 12.8 Å². The number of allylic oxidation sites excluding steroid dienone is 1. The molecule has 39 heavy (non-hydrogen) atoms. The molecule has 0 aromatic heterocycles. The molecule has 0 fully saturated rings. The van der Waals surface area contributed by atoms with Crippen LogP contribution in [0.5, 0.6) is 5.75 Å². The molecule has 0 heterocycles. The standard InChI is InChI=1S/C28H40N6O2S.C2H2/c1-17(2)31-15-19(4)22(29)16-34(30)25-12-20(11-10-18(25)3)27(35)32-23-13-21(28(5,6)7)14-24(33-37-9)26(23)36-8;1-2/h10-16,33H,29-30H2,1-9H3,(H,32,35);1-2H/b19-15+,22-16-;. The molecule has 8 nitrogen and oxygen atoms in total. The second kappa shape index (κ2) is 14.9. The first kappa shape index (κ1) is 33.2. The zero-order chi connectivity index (χ0) is 29.9. The van der Waals surface area contributed by atoms with Crippen molar-refractivity contribution < 1.29 is 9.53 Å². The zero-order valence-corrected chi connectivity index (χ0v) is 25.3. The lowest BCUT2D eigenvalue weighted by molar-refractivity contribution is 0.102. The van der Waals surface area contributed by atoms with Gasteiger partial charge in [0.15, 0.2) is 5.75 Å². The summed E-state index contributed by atoms with van der Waals surface area (Å²) in [5.41, 5.74) is 12.7. The van der Waals surface area contributed by atoms with E-state index in [4.69, 9.17) is 16.3 Å². The maximum atomic E-state index is 13.4. The van der Waals surface area contributed by atoms with Gasteiger partial charge >= 0.3 is 0 Å². The van der Waals surface area contributed by atoms with E-state index in [1.54, 1.807) is 31.6 Å². The minimum Gasteiger partial charge on any atom is -0.492 e. The number of hydrogen-bond acceptors (Lipinski definition) is 8. The summed E-state index contributed by atoms with van der Waals surface area (Å²) >= 11 is 1.46. The molecule has 9 heteroatoms. The Kier molecular flexibility index (Phi) is 12.7. The van der Waals surface area contributed by atoms with E-state index in [0.717, 1.165) is 28.1 Å². The number of hydrazine groups is 1. The SMILES string of the molecule is C#C.COc1c(NSC)cc(C(C)(C)C)cc1NC(=O)c1ccc(C)c(N(N)/C=C(N)/C(C)=C/N=C(C)C)c1. The molecule has 210 valence electrons. The van der Waals surface area contributed by atoms with Crippen molar-refractivity contribution in [2.24, 2.45) is 16.6 Å². The number of nitrogens with two attached hydrogens (primary N) is 2. The summed E-state index contributed by atoms with van der Waals surface area (Å²) in [5.74, 6) is 6.61. The van der Waals surface area contributed by atoms with E-state index in [1.165, 1.54) is 17.0 Å². The molecule has 0 aliphatic rings. The van der Waals surface area contributed by atoms with Crippen molar-refractivity contribution in [1.29, 1.82) is 0 Å². The second-order valence-electron chi connectivity index (χ2n) is 10.00. The van der Waals surface area contributed by atoms with Crippen LogP contribution in [0.25, 0.3) is 0 Å². The van der Waals surface area contributed by atoms with Gasteiger partial charge < -0.3 is 20.5 Å². The molecule has 6 N–H and O–H groups in total. The summed E-state index contributed by atoms with van der Waals surface area (Å²) < 4.78 is 8.91. The van der Waals surface area contributed by atoms with Gasteiger partial charge in [-0.1, -0.05) is 38.8 Å². The van der Waals surface area contributed by atoms with Crippen LogP contribution in [-0.2, 0) is 5.41 Å². The Bertz CT molecular complexity index is 1270. The number of carbonyl (C=O) groups excluding carboxylic acids is 1. The third kappa shape index (κ3) is 9.43. The number of aryl methyl sites for hydroxylation is 1. The quantitative estimate of drug-likeness (QED) is 0.0717. The first-order chi connectivity index (χ1) is 18.3. The predicted octanol–water partition coefficient (Wildman–Crippen LogP) is 6.36. The topological polar surface area (TPSA) is 118 Å². The van der Waals surface area contributed by atoms with Gasteiger partial charge in [-0.05, 0) is 74.1 Å². The van der Waals surface area contributed by atoms with Gasteiger partial charge in [0.1, 0.15) is 0 Å². The fourth-order valence-corrected chi connectivity index (χ4v) is 3.78. The lowest BCUT2D eigenvalue weighted by Gasteiger charge is -2.24. The van der Waals surface area contributed by atoms with Gasteiger partial charge in [-0.2, -0.15) is 0 Å². The molecule has 2 rings (SSSR count). The van der Waals surface area contributed by atoms with Crippen LogP contribution in [0.1, 0.15) is 63.0 Å². The number of amides is 1. The first-order valence-corrected chi connectivity index (χ1v) is 13.5. The van der Waals surface area contributed by atoms with Gasteiger partial charge in [0.25, 0.3) is 5.91 Å². The molecular formula is C30H42N6O2S. The van der Waals surface area contributed by atoms with E-state index < -0.39 is 0 Å². The lowest BCUT2D eigenvalue weighted by Crippen LogP contribution is -2.27. The molecule has 0 saturated heterocycles. The van der Waals surface area contributed by atoms with Gasteiger partial charge in [0, 0.05) is 29.9 Å². The molecule has 0 aliphatic heterocycles. The van der Waals surface area contributed by atoms with Gasteiger partial charge in [0.05, 0.1) is 29.9 Å². The average Bonchev–Trinajstić information content (AvgIpc) is 2.87. The fourth-order valence-electron chi connectivity index (χ4n) is 3.41. The minimum atomic E-state index is -0.283. The highest BCUT2D eigenvalue weighted by atomic mass is 32.2. The van der Waals surface area contributed by atoms with Crippen molar-refractivity contribution in [3.8, 4) is 18.6 Å². The number of methoxy groups -OCH3 is 1. The average molecular weight is 551 g/mol. The number of terminal acetylenes is 1. The Labute approximate surface area is 238 Å². The van der Waals surface area contributed by atoms with Crippen LogP contribution in [0, 0.1) is 19.8 Å². The van der Waals surface area contributed by atoms with E-state index in [2.05, 4.69) is 48.6 Å². The molecule has 0 unspecified atom stereocenters. The Morgan fingerprint density at radius 1 is 1.13 bits per heavy atom. The number of benzene rings is 2. The smallest absolute Gasteiger partial charge is 0.255 e. The third-order valence-corrected chi connectivity index (χ3v) is 6.04. The minimum absolute atomic E-state index is 0.127. The van der Waals surface area contributed by atoms with Crippen LogP contribution >= 0.6 is 11.9 Å². The van der Waals surface area contributed by atoms with Crippen LogP contribution in [-0.4, -0.2) is 25.0 Å². The number of ether oxygens (including phenoxy) is 1. The fraction of sp³-hybridized carbons (Fsp3) is 0.333. The first-order valence-electron chi connectivity index (χ1n) is 12.2. The Hall–Kier alpha value is -3.87. The van der Waals surface area contributed by atoms with Crippen LogP contribution < -0.4 is 31.4 Å². The maximum absolute atomic E-state index is 13.4. The lowest BCUT2D eigenvalue weighted by atomic mass is 9.86. The third-order valence-electron chi connectivity index (χ3n) is 5.62. The highest BCUT2D eigenvalue weighted by Crippen LogP contribution is 2.39. The molecule has 0 aliphatic carbocycles. The van der Waals surface area contributed by atoms with Gasteiger partial charge in [-0.25, -0.2) is 5.84 Å². The van der Waals surface area contributed by atoms with E-state index in [0.29, 0.717) is 28.4 Å². The van der Waals surface area contributed by atoms with E-state index in [9.17, 15) is 4.79 Å². The molecule has 2 aromatic carbocycles. The van der Waals surface area contributed by atoms with Crippen molar-refractivity contribution in [2.45, 2.75) is 53.9 Å². The van der Waals surface area contributed by atoms with E-state index in [1.807, 2.05) is 52.1 Å². The van der Waals surface area contributed by atoms with Crippen LogP contribution in [0.15, 0.2) is 59.0 Å². The molecule has 0 bridgehead atoms. The number of anilines is 3. The molecule has 0 radical (unpaired) electrons. The summed E-state index contributed by atoms with van der Waals surface area (Å²) in [4.78, 5) is 17.6. The second-order valence-corrected chi connectivity index (χ2v) is 10.6. The summed E-state index contributed by atoms with van der Waals surface area (Å²) in [7, 11) is 1.59. The van der Waals surface area contributed by atoms with Crippen molar-refractivity contribution in [1.82, 2.24) is 0 Å². The highest BCUT2D eigenvalue weighted by molar-refractivity contribution is 7.99. The molecule has 0 spiro atoms. The highest BCUT2D eigenvalue weighted by Gasteiger charge is 2.21. The molecular weight excluding hydrogens is 508 g/mol. The van der Waals surface area contributed by atoms with Crippen LogP contribution in [0.2, 0.25) is 0 Å². The number of nitrogens with one attached hydrogen (secondary N) is 2. The van der Waals surface area contributed by atoms with Crippen LogP contribution in [0.4, 0.5) is 17.1 Å². The predicted molar refractivity (Wildman–Crippen MR) is 169 cm³/mol. The van der Waals surface area contributed by atoms with Crippen LogP contribution in [0.3, 0.4) is 0 Å². The summed E-state index contributed by atoms with van der Waals surface area (Å²) in [6.07, 6.45) is 13.3. The van der Waals surface area contributed by atoms with Crippen molar-refractivity contribution in [3.63, 3.8) is 0 Å². The Morgan fingerprint density at radius 2 is 1.74 bits per heavy atom. The maximum Gasteiger partial charge on any atom is 0.255 e. The Balaban J connectivity index is 0.00000371. The zero-order valence-electron chi connectivity index (χ0n) is 24.5. The molecule has 0 saturated carbocycles. The number of aliphatic imine (C=N–C) groups is 1. The van der Waals surface area contributed by atoms with Gasteiger partial charge in [-0.3, -0.25) is 14.8 Å². The molecule has 0 atom stereocenters.